The molecule has 3 rings (SSSR count). The van der Waals surface area contributed by atoms with Crippen molar-refractivity contribution in [2.45, 2.75) is 13.5 Å². The summed E-state index contributed by atoms with van der Waals surface area (Å²) >= 11 is 0. The first-order chi connectivity index (χ1) is 9.74. The molecule has 0 radical (unpaired) electrons. The molecule has 0 aliphatic heterocycles. The van der Waals surface area contributed by atoms with Crippen LogP contribution in [0, 0.1) is 6.92 Å². The van der Waals surface area contributed by atoms with E-state index >= 15 is 0 Å². The number of nitrogens with zero attached hydrogens (tertiary/aromatic N) is 1. The van der Waals surface area contributed by atoms with Gasteiger partial charge in [-0.15, -0.1) is 0 Å². The number of hydrogen-bond donors (Lipinski definition) is 2. The van der Waals surface area contributed by atoms with Gasteiger partial charge in [0, 0.05) is 18.1 Å². The third kappa shape index (κ3) is 2.43. The highest BCUT2D eigenvalue weighted by molar-refractivity contribution is 5.96. The van der Waals surface area contributed by atoms with Crippen molar-refractivity contribution in [1.82, 2.24) is 4.98 Å². The van der Waals surface area contributed by atoms with Crippen LogP contribution in [0.25, 0.3) is 10.9 Å². The van der Waals surface area contributed by atoms with Gasteiger partial charge in [-0.2, -0.15) is 0 Å². The molecule has 0 unspecified atom stereocenters. The minimum absolute atomic E-state index is 0.753. The van der Waals surface area contributed by atoms with Gasteiger partial charge in [0.2, 0.25) is 0 Å². The highest BCUT2D eigenvalue weighted by Gasteiger charge is 2.04. The van der Waals surface area contributed by atoms with Crippen LogP contribution < -0.4 is 11.1 Å². The van der Waals surface area contributed by atoms with Crippen LogP contribution in [0.3, 0.4) is 0 Å². The summed E-state index contributed by atoms with van der Waals surface area (Å²) in [4.78, 5) is 4.30. The van der Waals surface area contributed by atoms with Gasteiger partial charge in [-0.3, -0.25) is 4.98 Å². The topological polar surface area (TPSA) is 50.9 Å². The quantitative estimate of drug-likeness (QED) is 0.708. The smallest absolute Gasteiger partial charge is 0.0724 e. The molecule has 0 saturated carbocycles. The molecule has 3 nitrogen and oxygen atoms in total. The zero-order valence-corrected chi connectivity index (χ0v) is 11.4. The van der Waals surface area contributed by atoms with Crippen molar-refractivity contribution in [3.05, 3.63) is 65.9 Å². The van der Waals surface area contributed by atoms with E-state index in [1.165, 1.54) is 11.1 Å². The zero-order chi connectivity index (χ0) is 13.9. The van der Waals surface area contributed by atoms with Crippen LogP contribution in [0.2, 0.25) is 0 Å². The predicted molar refractivity (Wildman–Crippen MR) is 84.7 cm³/mol. The molecule has 100 valence electrons. The van der Waals surface area contributed by atoms with E-state index in [0.29, 0.717) is 0 Å². The normalized spacial score (nSPS) is 10.7. The number of aryl methyl sites for hydroxylation is 1. The molecule has 0 amide bonds. The third-order valence-electron chi connectivity index (χ3n) is 3.43. The van der Waals surface area contributed by atoms with Crippen molar-refractivity contribution in [3.8, 4) is 0 Å². The molecule has 0 aliphatic carbocycles. The molecule has 0 bridgehead atoms. The van der Waals surface area contributed by atoms with Crippen molar-refractivity contribution in [2.75, 3.05) is 11.1 Å². The van der Waals surface area contributed by atoms with E-state index in [0.717, 1.165) is 28.8 Å². The molecule has 1 heterocycles. The summed E-state index contributed by atoms with van der Waals surface area (Å²) in [7, 11) is 0. The van der Waals surface area contributed by atoms with Crippen LogP contribution >= 0.6 is 0 Å². The molecular formula is C17H17N3. The maximum atomic E-state index is 6.20. The summed E-state index contributed by atoms with van der Waals surface area (Å²) in [5.74, 6) is 0. The Morgan fingerprint density at radius 3 is 2.65 bits per heavy atom. The molecule has 3 N–H and O–H groups in total. The van der Waals surface area contributed by atoms with Crippen molar-refractivity contribution in [3.63, 3.8) is 0 Å². The van der Waals surface area contributed by atoms with Crippen LogP contribution in [0.4, 0.5) is 11.4 Å². The lowest BCUT2D eigenvalue weighted by Crippen LogP contribution is -2.03. The maximum absolute atomic E-state index is 6.20. The van der Waals surface area contributed by atoms with E-state index < -0.39 is 0 Å². The first kappa shape index (κ1) is 12.5. The summed E-state index contributed by atoms with van der Waals surface area (Å²) in [5.41, 5.74) is 11.3. The lowest BCUT2D eigenvalue weighted by atomic mass is 10.1. The fourth-order valence-electron chi connectivity index (χ4n) is 2.23. The van der Waals surface area contributed by atoms with Gasteiger partial charge in [0.15, 0.2) is 0 Å². The number of fused-ring (bicyclic) bond motifs is 1. The average Bonchev–Trinajstić information content (AvgIpc) is 2.49. The summed E-state index contributed by atoms with van der Waals surface area (Å²) in [6.45, 7) is 2.85. The number of pyridine rings is 1. The molecule has 2 aromatic carbocycles. The molecule has 0 aliphatic rings. The Balaban J connectivity index is 1.84. The van der Waals surface area contributed by atoms with Gasteiger partial charge in [0.05, 0.1) is 16.9 Å². The first-order valence-electron chi connectivity index (χ1n) is 6.66. The average molecular weight is 263 g/mol. The molecule has 3 aromatic rings. The number of aromatic nitrogens is 1. The van der Waals surface area contributed by atoms with Gasteiger partial charge in [0.1, 0.15) is 0 Å². The van der Waals surface area contributed by atoms with Crippen LogP contribution in [-0.4, -0.2) is 4.98 Å². The van der Waals surface area contributed by atoms with Crippen LogP contribution in [-0.2, 0) is 6.54 Å². The fourth-order valence-corrected chi connectivity index (χ4v) is 2.23. The molecule has 20 heavy (non-hydrogen) atoms. The second-order valence-electron chi connectivity index (χ2n) is 4.94. The lowest BCUT2D eigenvalue weighted by Gasteiger charge is -2.11. The molecule has 0 saturated heterocycles. The highest BCUT2D eigenvalue weighted by Crippen LogP contribution is 2.27. The number of anilines is 2. The summed E-state index contributed by atoms with van der Waals surface area (Å²) in [5, 5.41) is 4.38. The van der Waals surface area contributed by atoms with Crippen LogP contribution in [0.1, 0.15) is 11.1 Å². The van der Waals surface area contributed by atoms with Gasteiger partial charge in [-0.05, 0) is 36.8 Å². The van der Waals surface area contributed by atoms with Gasteiger partial charge < -0.3 is 11.1 Å². The Morgan fingerprint density at radius 1 is 1.05 bits per heavy atom. The Bertz CT molecular complexity index is 733. The molecule has 0 spiro atoms. The number of benzene rings is 2. The first-order valence-corrected chi connectivity index (χ1v) is 6.66. The number of nitrogens with one attached hydrogen (secondary N) is 1. The number of hydrogen-bond acceptors (Lipinski definition) is 3. The largest absolute Gasteiger partial charge is 0.397 e. The van der Waals surface area contributed by atoms with E-state index in [1.54, 1.807) is 6.20 Å². The number of nitrogen functional groups attached to an aromatic ring is 1. The van der Waals surface area contributed by atoms with Crippen LogP contribution in [0.15, 0.2) is 54.7 Å². The standard InChI is InChI=1S/C17H17N3/c1-12-4-6-13(7-5-12)11-20-16-9-8-15-14(17(16)18)3-2-10-19-15/h2-10,20H,11,18H2,1H3. The number of nitrogens with two attached hydrogens (primary N) is 1. The predicted octanol–water partition coefficient (Wildman–Crippen LogP) is 3.74. The van der Waals surface area contributed by atoms with E-state index in [4.69, 9.17) is 5.73 Å². The molecule has 0 fully saturated rings. The van der Waals surface area contributed by atoms with Crippen molar-refractivity contribution in [1.29, 1.82) is 0 Å². The highest BCUT2D eigenvalue weighted by atomic mass is 14.9. The summed E-state index contributed by atoms with van der Waals surface area (Å²) < 4.78 is 0. The SMILES string of the molecule is Cc1ccc(CNc2ccc3ncccc3c2N)cc1. The van der Waals surface area contributed by atoms with Gasteiger partial charge >= 0.3 is 0 Å². The Labute approximate surface area is 118 Å². The van der Waals surface area contributed by atoms with Crippen LogP contribution in [0.5, 0.6) is 0 Å². The van der Waals surface area contributed by atoms with E-state index in [-0.39, 0.29) is 0 Å². The van der Waals surface area contributed by atoms with Gasteiger partial charge in [-0.25, -0.2) is 0 Å². The maximum Gasteiger partial charge on any atom is 0.0724 e. The van der Waals surface area contributed by atoms with Gasteiger partial charge in [-0.1, -0.05) is 29.8 Å². The second kappa shape index (κ2) is 5.21. The van der Waals surface area contributed by atoms with E-state index in [2.05, 4.69) is 41.5 Å². The van der Waals surface area contributed by atoms with Crippen molar-refractivity contribution < 1.29 is 0 Å². The third-order valence-corrected chi connectivity index (χ3v) is 3.43. The fraction of sp³-hybridized carbons (Fsp3) is 0.118. The number of rotatable bonds is 3. The Hall–Kier alpha value is -2.55. The molecule has 3 heteroatoms. The van der Waals surface area contributed by atoms with Crippen molar-refractivity contribution in [2.24, 2.45) is 0 Å². The Morgan fingerprint density at radius 2 is 1.85 bits per heavy atom. The van der Waals surface area contributed by atoms with E-state index in [1.807, 2.05) is 24.3 Å². The monoisotopic (exact) mass is 263 g/mol. The second-order valence-corrected chi connectivity index (χ2v) is 4.94. The lowest BCUT2D eigenvalue weighted by molar-refractivity contribution is 1.15. The van der Waals surface area contributed by atoms with Gasteiger partial charge in [0.25, 0.3) is 0 Å². The molecule has 1 aromatic heterocycles. The molecule has 0 atom stereocenters. The summed E-state index contributed by atoms with van der Waals surface area (Å²) in [6, 6.07) is 16.4. The summed E-state index contributed by atoms with van der Waals surface area (Å²) in [6.07, 6.45) is 1.78. The Kier molecular flexibility index (Phi) is 3.25. The van der Waals surface area contributed by atoms with E-state index in [9.17, 15) is 0 Å². The minimum Gasteiger partial charge on any atom is -0.397 e. The zero-order valence-electron chi connectivity index (χ0n) is 11.4. The minimum atomic E-state index is 0.753. The van der Waals surface area contributed by atoms with Crippen molar-refractivity contribution >= 4 is 22.3 Å². The molecular weight excluding hydrogens is 246 g/mol.